The van der Waals surface area contributed by atoms with E-state index in [1.807, 2.05) is 6.07 Å². The molecule has 2 aromatic rings. The van der Waals surface area contributed by atoms with Crippen LogP contribution in [0.15, 0.2) is 31.0 Å². The van der Waals surface area contributed by atoms with E-state index in [1.54, 1.807) is 37.4 Å². The number of hydrogen-bond donors (Lipinski definition) is 1. The lowest BCUT2D eigenvalue weighted by Crippen LogP contribution is -2.40. The van der Waals surface area contributed by atoms with E-state index in [-0.39, 0.29) is 18.1 Å². The summed E-state index contributed by atoms with van der Waals surface area (Å²) in [5.74, 6) is 0.724. The molecule has 1 amide bonds. The van der Waals surface area contributed by atoms with Gasteiger partial charge in [-0.15, -0.1) is 0 Å². The molecule has 1 fully saturated rings. The van der Waals surface area contributed by atoms with Crippen molar-refractivity contribution in [2.75, 3.05) is 25.1 Å². The Morgan fingerprint density at radius 3 is 3.04 bits per heavy atom. The molecular formula is C15H20N6O2. The fourth-order valence-corrected chi connectivity index (χ4v) is 2.82. The molecule has 1 saturated heterocycles. The first-order valence-corrected chi connectivity index (χ1v) is 7.49. The van der Waals surface area contributed by atoms with Crippen molar-refractivity contribution in [3.63, 3.8) is 0 Å². The van der Waals surface area contributed by atoms with E-state index < -0.39 is 0 Å². The molecule has 0 radical (unpaired) electrons. The minimum absolute atomic E-state index is 0.124. The lowest BCUT2D eigenvalue weighted by atomic mass is 10.2. The van der Waals surface area contributed by atoms with Crippen molar-refractivity contribution in [2.45, 2.75) is 18.6 Å². The first kappa shape index (κ1) is 15.4. The summed E-state index contributed by atoms with van der Waals surface area (Å²) in [5, 5.41) is 6.98. The first-order valence-electron chi connectivity index (χ1n) is 7.49. The lowest BCUT2D eigenvalue weighted by molar-refractivity contribution is 0.0946. The van der Waals surface area contributed by atoms with Crippen molar-refractivity contribution in [1.82, 2.24) is 25.1 Å². The largest absolute Gasteiger partial charge is 0.380 e. The molecule has 2 aromatic heterocycles. The van der Waals surface area contributed by atoms with Crippen molar-refractivity contribution < 1.29 is 9.53 Å². The molecule has 0 unspecified atom stereocenters. The third-order valence-electron chi connectivity index (χ3n) is 4.04. The van der Waals surface area contributed by atoms with Gasteiger partial charge in [0.15, 0.2) is 0 Å². The highest BCUT2D eigenvalue weighted by Gasteiger charge is 2.33. The van der Waals surface area contributed by atoms with Crippen LogP contribution in [-0.2, 0) is 11.8 Å². The average molecular weight is 316 g/mol. The molecule has 8 heteroatoms. The molecule has 3 rings (SSSR count). The first-order chi connectivity index (χ1) is 11.2. The number of rotatable bonds is 5. The Labute approximate surface area is 134 Å². The molecule has 0 spiro atoms. The number of carbonyl (C=O) groups excluding carboxylic acids is 1. The number of methoxy groups -OCH3 is 1. The molecule has 122 valence electrons. The predicted molar refractivity (Wildman–Crippen MR) is 84.1 cm³/mol. The Morgan fingerprint density at radius 2 is 2.39 bits per heavy atom. The van der Waals surface area contributed by atoms with E-state index in [9.17, 15) is 4.79 Å². The second kappa shape index (κ2) is 6.74. The summed E-state index contributed by atoms with van der Waals surface area (Å²) in [5.41, 5.74) is 0.558. The summed E-state index contributed by atoms with van der Waals surface area (Å²) in [6.07, 6.45) is 7.47. The molecule has 1 N–H and O–H groups in total. The van der Waals surface area contributed by atoms with Crippen LogP contribution in [0.3, 0.4) is 0 Å². The van der Waals surface area contributed by atoms with Crippen LogP contribution in [0.25, 0.3) is 0 Å². The van der Waals surface area contributed by atoms with Gasteiger partial charge >= 0.3 is 0 Å². The van der Waals surface area contributed by atoms with Crippen LogP contribution in [-0.4, -0.2) is 58.0 Å². The third-order valence-corrected chi connectivity index (χ3v) is 4.04. The minimum Gasteiger partial charge on any atom is -0.380 e. The van der Waals surface area contributed by atoms with Crippen molar-refractivity contribution in [2.24, 2.45) is 7.05 Å². The Hall–Kier alpha value is -2.48. The molecular weight excluding hydrogens is 296 g/mol. The third kappa shape index (κ3) is 3.48. The van der Waals surface area contributed by atoms with Crippen LogP contribution in [0, 0.1) is 0 Å². The molecule has 0 aliphatic carbocycles. The molecule has 2 atom stereocenters. The maximum atomic E-state index is 12.2. The van der Waals surface area contributed by atoms with E-state index in [1.165, 1.54) is 6.33 Å². The molecule has 3 heterocycles. The average Bonchev–Trinajstić information content (AvgIpc) is 3.19. The number of aryl methyl sites for hydroxylation is 1. The summed E-state index contributed by atoms with van der Waals surface area (Å²) in [6.45, 7) is 1.28. The van der Waals surface area contributed by atoms with E-state index in [2.05, 4.69) is 25.3 Å². The second-order valence-electron chi connectivity index (χ2n) is 5.58. The quantitative estimate of drug-likeness (QED) is 0.850. The van der Waals surface area contributed by atoms with Crippen LogP contribution >= 0.6 is 0 Å². The smallest absolute Gasteiger partial charge is 0.254 e. The van der Waals surface area contributed by atoms with Gasteiger partial charge in [0.2, 0.25) is 0 Å². The number of nitrogens with one attached hydrogen (secondary N) is 1. The predicted octanol–water partition coefficient (Wildman–Crippen LogP) is 0.234. The standard InChI is InChI=1S/C15H20N6O2/c1-20-8-11(6-19-20)15(22)17-7-12-5-13(23-2)9-21(12)14-3-4-16-10-18-14/h3-4,6,8,10,12-13H,5,7,9H2,1-2H3,(H,17,22)/t12-,13-/m1/s1. The highest BCUT2D eigenvalue weighted by Crippen LogP contribution is 2.24. The molecule has 1 aliphatic heterocycles. The SMILES string of the molecule is CO[C@@H]1C[C@H](CNC(=O)c2cnn(C)c2)N(c2ccncn2)C1. The number of anilines is 1. The van der Waals surface area contributed by atoms with E-state index in [0.29, 0.717) is 12.1 Å². The van der Waals surface area contributed by atoms with Crippen LogP contribution in [0.1, 0.15) is 16.8 Å². The van der Waals surface area contributed by atoms with Crippen molar-refractivity contribution in [3.8, 4) is 0 Å². The van der Waals surface area contributed by atoms with Gasteiger partial charge in [-0.1, -0.05) is 0 Å². The Bertz CT molecular complexity index is 659. The van der Waals surface area contributed by atoms with Gasteiger partial charge in [-0.25, -0.2) is 9.97 Å². The van der Waals surface area contributed by atoms with Gasteiger partial charge in [-0.05, 0) is 12.5 Å². The summed E-state index contributed by atoms with van der Waals surface area (Å²) in [6, 6.07) is 2.00. The highest BCUT2D eigenvalue weighted by molar-refractivity contribution is 5.93. The number of nitrogens with zero attached hydrogens (tertiary/aromatic N) is 5. The summed E-state index contributed by atoms with van der Waals surface area (Å²) >= 11 is 0. The molecule has 23 heavy (non-hydrogen) atoms. The van der Waals surface area contributed by atoms with Gasteiger partial charge in [0.1, 0.15) is 12.1 Å². The van der Waals surface area contributed by atoms with Gasteiger partial charge in [-0.3, -0.25) is 9.48 Å². The van der Waals surface area contributed by atoms with Gasteiger partial charge in [0, 0.05) is 39.6 Å². The maximum Gasteiger partial charge on any atom is 0.254 e. The molecule has 1 aliphatic rings. The summed E-state index contributed by atoms with van der Waals surface area (Å²) in [7, 11) is 3.49. The molecule has 0 aromatic carbocycles. The molecule has 0 saturated carbocycles. The second-order valence-corrected chi connectivity index (χ2v) is 5.58. The van der Waals surface area contributed by atoms with Crippen molar-refractivity contribution in [1.29, 1.82) is 0 Å². The fourth-order valence-electron chi connectivity index (χ4n) is 2.82. The van der Waals surface area contributed by atoms with Gasteiger partial charge < -0.3 is 15.0 Å². The van der Waals surface area contributed by atoms with E-state index in [4.69, 9.17) is 4.74 Å². The zero-order valence-corrected chi connectivity index (χ0v) is 13.2. The fraction of sp³-hybridized carbons (Fsp3) is 0.467. The Kier molecular flexibility index (Phi) is 4.52. The minimum atomic E-state index is -0.124. The van der Waals surface area contributed by atoms with Crippen molar-refractivity contribution in [3.05, 3.63) is 36.5 Å². The highest BCUT2D eigenvalue weighted by atomic mass is 16.5. The monoisotopic (exact) mass is 316 g/mol. The number of ether oxygens (including phenoxy) is 1. The number of hydrogen-bond acceptors (Lipinski definition) is 6. The number of carbonyl (C=O) groups is 1. The Balaban J connectivity index is 1.66. The summed E-state index contributed by atoms with van der Waals surface area (Å²) < 4.78 is 7.09. The van der Waals surface area contributed by atoms with E-state index >= 15 is 0 Å². The van der Waals surface area contributed by atoms with Crippen LogP contribution in [0.4, 0.5) is 5.82 Å². The van der Waals surface area contributed by atoms with Crippen LogP contribution in [0.2, 0.25) is 0 Å². The Morgan fingerprint density at radius 1 is 1.52 bits per heavy atom. The van der Waals surface area contributed by atoms with Gasteiger partial charge in [0.05, 0.1) is 23.9 Å². The van der Waals surface area contributed by atoms with E-state index in [0.717, 1.165) is 18.8 Å². The topological polar surface area (TPSA) is 85.2 Å². The van der Waals surface area contributed by atoms with Gasteiger partial charge in [-0.2, -0.15) is 5.10 Å². The molecule has 0 bridgehead atoms. The summed E-state index contributed by atoms with van der Waals surface area (Å²) in [4.78, 5) is 22.6. The zero-order valence-electron chi connectivity index (χ0n) is 13.2. The van der Waals surface area contributed by atoms with Gasteiger partial charge in [0.25, 0.3) is 5.91 Å². The normalized spacial score (nSPS) is 20.7. The number of amides is 1. The molecule has 8 nitrogen and oxygen atoms in total. The van der Waals surface area contributed by atoms with Crippen molar-refractivity contribution >= 4 is 11.7 Å². The number of aromatic nitrogens is 4. The van der Waals surface area contributed by atoms with Crippen LogP contribution in [0.5, 0.6) is 0 Å². The van der Waals surface area contributed by atoms with Crippen LogP contribution < -0.4 is 10.2 Å². The maximum absolute atomic E-state index is 12.2. The lowest BCUT2D eigenvalue weighted by Gasteiger charge is -2.25. The zero-order chi connectivity index (χ0) is 16.2.